The third kappa shape index (κ3) is 3.47. The first-order valence-electron chi connectivity index (χ1n) is 14.4. The number of phenols is 1. The third-order valence-electron chi connectivity index (χ3n) is 11.1. The molecule has 0 bridgehead atoms. The molecule has 222 valence electrons. The number of fused-ring (bicyclic) bond motifs is 3. The molecule has 7 heteroatoms. The zero-order valence-corrected chi connectivity index (χ0v) is 26.4. The molecule has 4 rings (SSSR count). The van der Waals surface area contributed by atoms with Crippen LogP contribution in [0, 0.1) is 28.6 Å². The van der Waals surface area contributed by atoms with Gasteiger partial charge in [-0.05, 0) is 61.5 Å². The molecule has 0 aliphatic heterocycles. The predicted octanol–water partition coefficient (Wildman–Crippen LogP) is 6.00. The van der Waals surface area contributed by atoms with E-state index in [2.05, 4.69) is 0 Å². The molecule has 1 aromatic carbocycles. The molecule has 0 spiro atoms. The van der Waals surface area contributed by atoms with Crippen LogP contribution in [0.2, 0.25) is 0 Å². The summed E-state index contributed by atoms with van der Waals surface area (Å²) >= 11 is 0. The largest absolute Gasteiger partial charge is 0.507 e. The molecule has 1 aromatic rings. The van der Waals surface area contributed by atoms with E-state index in [4.69, 9.17) is 0 Å². The lowest BCUT2D eigenvalue weighted by Crippen LogP contribution is -2.74. The highest BCUT2D eigenvalue weighted by Gasteiger charge is 2.75. The Labute approximate surface area is 242 Å². The van der Waals surface area contributed by atoms with Gasteiger partial charge in [-0.25, -0.2) is 0 Å². The maximum absolute atomic E-state index is 14.7. The van der Waals surface area contributed by atoms with Crippen LogP contribution < -0.4 is 0 Å². The Kier molecular flexibility index (Phi) is 6.76. The first-order chi connectivity index (χ1) is 18.5. The lowest BCUT2D eigenvalue weighted by atomic mass is 9.37. The number of hydrogen-bond donors (Lipinski definition) is 3. The number of carbonyl (C=O) groups is 4. The van der Waals surface area contributed by atoms with Crippen LogP contribution >= 0.6 is 0 Å². The Morgan fingerprint density at radius 3 is 1.95 bits per heavy atom. The summed E-state index contributed by atoms with van der Waals surface area (Å²) in [5.41, 5.74) is -4.30. The van der Waals surface area contributed by atoms with Gasteiger partial charge in [0.15, 0.2) is 17.2 Å². The molecule has 3 aliphatic rings. The van der Waals surface area contributed by atoms with Crippen LogP contribution in [0.15, 0.2) is 22.8 Å². The summed E-state index contributed by atoms with van der Waals surface area (Å²) in [4.78, 5) is 54.7. The molecule has 0 amide bonds. The third-order valence-corrected chi connectivity index (χ3v) is 11.1. The SMILES string of the molecule is CC(=O)C1=C(C)[C@@H](C(C)C)[C@]2(C)[C@@H](C)[C@@]3(C)C(=C(O)c4c(O)c(C(C)(C)C)cc(C(C)=O)c4[C@@H]3C)C(=O)[C@]2(O)C1=O. The zero-order valence-electron chi connectivity index (χ0n) is 26.4. The van der Waals surface area contributed by atoms with E-state index in [-0.39, 0.29) is 34.2 Å². The highest BCUT2D eigenvalue weighted by molar-refractivity contribution is 6.33. The second-order valence-corrected chi connectivity index (χ2v) is 14.4. The van der Waals surface area contributed by atoms with Crippen LogP contribution in [0.25, 0.3) is 5.76 Å². The molecule has 1 saturated carbocycles. The predicted molar refractivity (Wildman–Crippen MR) is 157 cm³/mol. The topological polar surface area (TPSA) is 129 Å². The number of benzene rings is 1. The molecule has 0 heterocycles. The van der Waals surface area contributed by atoms with Crippen LogP contribution in [0.1, 0.15) is 116 Å². The van der Waals surface area contributed by atoms with Gasteiger partial charge in [-0.15, -0.1) is 0 Å². The highest BCUT2D eigenvalue weighted by atomic mass is 16.3. The van der Waals surface area contributed by atoms with Crippen molar-refractivity contribution in [2.45, 2.75) is 100 Å². The summed E-state index contributed by atoms with van der Waals surface area (Å²) < 4.78 is 0. The number of rotatable bonds is 3. The minimum Gasteiger partial charge on any atom is -0.507 e. The van der Waals surface area contributed by atoms with E-state index in [9.17, 15) is 34.5 Å². The fourth-order valence-electron chi connectivity index (χ4n) is 8.88. The Bertz CT molecular complexity index is 1500. The van der Waals surface area contributed by atoms with Crippen molar-refractivity contribution in [3.05, 3.63) is 45.0 Å². The van der Waals surface area contributed by atoms with Crippen LogP contribution in [0.3, 0.4) is 0 Å². The van der Waals surface area contributed by atoms with Gasteiger partial charge in [0.05, 0.1) is 11.1 Å². The molecule has 0 unspecified atom stereocenters. The van der Waals surface area contributed by atoms with Gasteiger partial charge < -0.3 is 15.3 Å². The number of allylic oxidation sites excluding steroid dienone is 1. The summed E-state index contributed by atoms with van der Waals surface area (Å²) in [7, 11) is 0. The monoisotopic (exact) mass is 564 g/mol. The maximum atomic E-state index is 14.7. The van der Waals surface area contributed by atoms with Gasteiger partial charge in [-0.3, -0.25) is 19.2 Å². The fourth-order valence-corrected chi connectivity index (χ4v) is 8.88. The maximum Gasteiger partial charge on any atom is 0.206 e. The molecule has 0 radical (unpaired) electrons. The fraction of sp³-hybridized carbons (Fsp3) is 0.588. The standard InChI is InChI=1S/C34H44O7/c1-14(2)25-15(3)22(18(6)36)29(39)34(41)30(40)26-28(38)24-23(16(4)32(26,11)19(7)33(25,34)12)20(17(5)35)13-21(27(24)37)31(8,9)10/h13-14,16,19,25,37-38,41H,1-12H3/t16-,19-,25+,32-,33-,34+/m0/s1. The van der Waals surface area contributed by atoms with Crippen molar-refractivity contribution in [2.24, 2.45) is 28.6 Å². The minimum absolute atomic E-state index is 0.0162. The van der Waals surface area contributed by atoms with Gasteiger partial charge in [0.2, 0.25) is 11.6 Å². The number of aliphatic hydroxyl groups excluding tert-OH is 1. The molecule has 0 saturated heterocycles. The van der Waals surface area contributed by atoms with Gasteiger partial charge in [0.25, 0.3) is 0 Å². The number of Topliss-reactive ketones (excluding diaryl/α,β-unsaturated/α-hetero) is 4. The lowest BCUT2D eigenvalue weighted by molar-refractivity contribution is -0.194. The normalized spacial score (nSPS) is 33.6. The summed E-state index contributed by atoms with van der Waals surface area (Å²) in [6.07, 6.45) is 0. The average Bonchev–Trinajstić information content (AvgIpc) is 2.82. The number of aromatic hydroxyl groups is 1. The van der Waals surface area contributed by atoms with Crippen molar-refractivity contribution < 1.29 is 34.5 Å². The van der Waals surface area contributed by atoms with Crippen LogP contribution in [0.4, 0.5) is 0 Å². The number of carbonyl (C=O) groups excluding carboxylic acids is 4. The highest BCUT2D eigenvalue weighted by Crippen LogP contribution is 2.70. The van der Waals surface area contributed by atoms with Crippen LogP contribution in [0.5, 0.6) is 5.75 Å². The number of phenolic OH excluding ortho intramolecular Hbond substituents is 1. The Morgan fingerprint density at radius 1 is 0.976 bits per heavy atom. The summed E-state index contributed by atoms with van der Waals surface area (Å²) in [6, 6.07) is 1.68. The van der Waals surface area contributed by atoms with Crippen LogP contribution in [-0.4, -0.2) is 44.1 Å². The molecule has 3 N–H and O–H groups in total. The van der Waals surface area contributed by atoms with Crippen molar-refractivity contribution in [1.29, 1.82) is 0 Å². The average molecular weight is 565 g/mol. The Balaban J connectivity index is 2.22. The molecule has 6 atom stereocenters. The zero-order chi connectivity index (χ0) is 31.5. The summed E-state index contributed by atoms with van der Waals surface area (Å²) in [5.74, 6) is -5.28. The van der Waals surface area contributed by atoms with Gasteiger partial charge in [0.1, 0.15) is 11.5 Å². The first-order valence-corrected chi connectivity index (χ1v) is 14.4. The second-order valence-electron chi connectivity index (χ2n) is 14.4. The van der Waals surface area contributed by atoms with Crippen LogP contribution in [-0.2, 0) is 19.8 Å². The van der Waals surface area contributed by atoms with Crippen molar-refractivity contribution >= 4 is 28.9 Å². The van der Waals surface area contributed by atoms with E-state index in [0.29, 0.717) is 22.3 Å². The van der Waals surface area contributed by atoms with E-state index in [1.54, 1.807) is 19.9 Å². The quantitative estimate of drug-likeness (QED) is 0.233. The molecule has 1 fully saturated rings. The van der Waals surface area contributed by atoms with Gasteiger partial charge in [-0.2, -0.15) is 0 Å². The Morgan fingerprint density at radius 2 is 1.51 bits per heavy atom. The van der Waals surface area contributed by atoms with E-state index >= 15 is 0 Å². The van der Waals surface area contributed by atoms with Gasteiger partial charge >= 0.3 is 0 Å². The summed E-state index contributed by atoms with van der Waals surface area (Å²) in [6.45, 7) is 21.2. The van der Waals surface area contributed by atoms with Gasteiger partial charge in [-0.1, -0.05) is 67.9 Å². The van der Waals surface area contributed by atoms with Crippen molar-refractivity contribution in [3.63, 3.8) is 0 Å². The molecular weight excluding hydrogens is 520 g/mol. The summed E-state index contributed by atoms with van der Waals surface area (Å²) in [5, 5.41) is 36.0. The number of hydrogen-bond acceptors (Lipinski definition) is 7. The molecule has 3 aliphatic carbocycles. The van der Waals surface area contributed by atoms with Crippen molar-refractivity contribution in [1.82, 2.24) is 0 Å². The molecule has 41 heavy (non-hydrogen) atoms. The number of ketones is 4. The Hall–Kier alpha value is -3.06. The molecular formula is C34H44O7. The molecule has 7 nitrogen and oxygen atoms in total. The van der Waals surface area contributed by atoms with E-state index < -0.39 is 62.7 Å². The minimum atomic E-state index is -2.62. The molecule has 0 aromatic heterocycles. The van der Waals surface area contributed by atoms with Gasteiger partial charge in [0, 0.05) is 27.5 Å². The van der Waals surface area contributed by atoms with Crippen molar-refractivity contribution in [3.8, 4) is 5.75 Å². The lowest BCUT2D eigenvalue weighted by Gasteiger charge is -2.65. The van der Waals surface area contributed by atoms with Crippen molar-refractivity contribution in [2.75, 3.05) is 0 Å². The van der Waals surface area contributed by atoms with E-state index in [1.165, 1.54) is 13.8 Å². The smallest absolute Gasteiger partial charge is 0.206 e. The first kappa shape index (κ1) is 30.9. The number of aliphatic hydroxyl groups is 2. The van der Waals surface area contributed by atoms with E-state index in [1.807, 2.05) is 55.4 Å². The second kappa shape index (κ2) is 8.97. The van der Waals surface area contributed by atoms with E-state index in [0.717, 1.165) is 0 Å².